The normalized spacial score (nSPS) is 18.5. The first-order valence-corrected chi connectivity index (χ1v) is 12.9. The van der Waals surface area contributed by atoms with Crippen LogP contribution in [0.2, 0.25) is 0 Å². The van der Waals surface area contributed by atoms with Crippen molar-refractivity contribution in [3.8, 4) is 0 Å². The van der Waals surface area contributed by atoms with Gasteiger partial charge in [0.15, 0.2) is 0 Å². The van der Waals surface area contributed by atoms with Gasteiger partial charge in [-0.05, 0) is 63.5 Å². The van der Waals surface area contributed by atoms with Crippen molar-refractivity contribution < 1.29 is 37.4 Å². The summed E-state index contributed by atoms with van der Waals surface area (Å²) in [5, 5.41) is 0. The van der Waals surface area contributed by atoms with E-state index in [2.05, 4.69) is 11.5 Å². The van der Waals surface area contributed by atoms with E-state index in [4.69, 9.17) is 11.5 Å². The molecule has 2 aliphatic rings. The van der Waals surface area contributed by atoms with Crippen molar-refractivity contribution in [3.63, 3.8) is 0 Å². The van der Waals surface area contributed by atoms with Crippen molar-refractivity contribution in [1.29, 1.82) is 0 Å². The Bertz CT molecular complexity index is 809. The Kier molecular flexibility index (Phi) is 10.5. The van der Waals surface area contributed by atoms with Crippen molar-refractivity contribution in [2.75, 3.05) is 11.5 Å². The number of nitrogens with two attached hydrogens (primary N) is 2. The molecule has 0 bridgehead atoms. The number of hydrogen-bond acceptors (Lipinski definition) is 8. The molecule has 2 fully saturated rings. The summed E-state index contributed by atoms with van der Waals surface area (Å²) in [7, 11) is -9.93. The van der Waals surface area contributed by atoms with Gasteiger partial charge >= 0.3 is 0 Å². The van der Waals surface area contributed by atoms with Gasteiger partial charge in [0.2, 0.25) is 0 Å². The molecular formula is C18H34N4O6S2. The average molecular weight is 467 g/mol. The molecule has 0 atom stereocenters. The monoisotopic (exact) mass is 466 g/mol. The summed E-state index contributed by atoms with van der Waals surface area (Å²) in [6, 6.07) is 2.66. The standard InChI is InChI=1S/C6H8N2O6S2.2C6H13N/c7-3-1-4(8)6(16(12,13)14)2-5(3)15(9,10)11;2*7-6-4-2-1-3-5-6/h1-2H,7-8H2,(H,9,10,11)(H,12,13,14);2*6H,1-5,7H2. The van der Waals surface area contributed by atoms with Crippen molar-refractivity contribution in [2.24, 2.45) is 0 Å². The van der Waals surface area contributed by atoms with Gasteiger partial charge in [0, 0.05) is 0 Å². The molecule has 12 heteroatoms. The van der Waals surface area contributed by atoms with E-state index in [9.17, 15) is 25.9 Å². The molecule has 0 aliphatic heterocycles. The summed E-state index contributed by atoms with van der Waals surface area (Å²) in [5.41, 5.74) is 17.3. The molecule has 174 valence electrons. The van der Waals surface area contributed by atoms with Crippen LogP contribution in [-0.4, -0.2) is 38.0 Å². The molecule has 10 nitrogen and oxygen atoms in total. The highest BCUT2D eigenvalue weighted by Gasteiger charge is 2.14. The Morgan fingerprint density at radius 2 is 0.967 bits per heavy atom. The molecular weight excluding hydrogens is 432 g/mol. The van der Waals surface area contributed by atoms with Crippen LogP contribution in [0, 0.1) is 0 Å². The fourth-order valence-electron chi connectivity index (χ4n) is 3.40. The van der Waals surface area contributed by atoms with Crippen molar-refractivity contribution in [2.45, 2.75) is 86.1 Å². The summed E-state index contributed by atoms with van der Waals surface area (Å²) >= 11 is 0. The quantitative estimate of drug-likeness (QED) is 0.336. The van der Waals surface area contributed by atoms with Crippen LogP contribution < -0.4 is 22.9 Å². The highest BCUT2D eigenvalue weighted by Crippen LogP contribution is 2.27. The first kappa shape index (κ1) is 26.6. The lowest BCUT2D eigenvalue weighted by molar-refractivity contribution is -0.425. The predicted molar refractivity (Wildman–Crippen MR) is 111 cm³/mol. The number of benzene rings is 1. The number of hydrogen-bond donors (Lipinski definition) is 4. The molecule has 0 saturated heterocycles. The molecule has 1 aromatic rings. The minimum absolute atomic E-state index is 0.356. The summed E-state index contributed by atoms with van der Waals surface area (Å²) < 4.78 is 64.0. The van der Waals surface area contributed by atoms with E-state index in [-0.39, 0.29) is 0 Å². The predicted octanol–water partition coefficient (Wildman–Crippen LogP) is -0.219. The molecule has 0 amide bonds. The molecule has 0 heterocycles. The third-order valence-corrected chi connectivity index (χ3v) is 6.91. The van der Waals surface area contributed by atoms with Gasteiger partial charge in [-0.2, -0.15) is 0 Å². The fourth-order valence-corrected chi connectivity index (χ4v) is 4.70. The van der Waals surface area contributed by atoms with E-state index < -0.39 is 41.4 Å². The molecule has 0 unspecified atom stereocenters. The molecule has 2 saturated carbocycles. The minimum atomic E-state index is -4.97. The van der Waals surface area contributed by atoms with E-state index >= 15 is 0 Å². The topological polar surface area (TPSA) is 222 Å². The smallest absolute Gasteiger partial charge is 0.126 e. The Morgan fingerprint density at radius 3 is 1.17 bits per heavy atom. The molecule has 10 N–H and O–H groups in total. The Labute approximate surface area is 178 Å². The van der Waals surface area contributed by atoms with Crippen LogP contribution in [0.15, 0.2) is 21.9 Å². The average Bonchev–Trinajstić information content (AvgIpc) is 2.62. The van der Waals surface area contributed by atoms with Gasteiger partial charge < -0.3 is 32.0 Å². The van der Waals surface area contributed by atoms with Gasteiger partial charge in [-0.15, -0.1) is 0 Å². The number of nitrogen functional groups attached to an aromatic ring is 2. The molecule has 2 aliphatic carbocycles. The zero-order valence-corrected chi connectivity index (χ0v) is 18.8. The maximum absolute atomic E-state index is 10.7. The van der Waals surface area contributed by atoms with Gasteiger partial charge in [0.05, 0.1) is 33.2 Å². The second kappa shape index (κ2) is 11.8. The van der Waals surface area contributed by atoms with Crippen LogP contribution in [0.25, 0.3) is 0 Å². The number of anilines is 2. The highest BCUT2D eigenvalue weighted by atomic mass is 32.2. The maximum Gasteiger partial charge on any atom is 0.126 e. The number of quaternary nitrogens is 2. The Balaban J connectivity index is 0.000000263. The first-order chi connectivity index (χ1) is 13.8. The van der Waals surface area contributed by atoms with Crippen molar-refractivity contribution in [1.82, 2.24) is 0 Å². The summed E-state index contributed by atoms with van der Waals surface area (Å²) in [6.07, 6.45) is 14.1. The number of rotatable bonds is 2. The van der Waals surface area contributed by atoms with Crippen LogP contribution in [0.4, 0.5) is 11.4 Å². The van der Waals surface area contributed by atoms with E-state index in [0.717, 1.165) is 18.2 Å². The second-order valence-corrected chi connectivity index (χ2v) is 10.5. The molecule has 0 aromatic heterocycles. The highest BCUT2D eigenvalue weighted by molar-refractivity contribution is 7.86. The summed E-state index contributed by atoms with van der Waals surface area (Å²) in [6.45, 7) is 0. The minimum Gasteiger partial charge on any atom is -0.744 e. The van der Waals surface area contributed by atoms with Gasteiger partial charge in [-0.1, -0.05) is 12.8 Å². The van der Waals surface area contributed by atoms with Gasteiger partial charge in [0.1, 0.15) is 20.2 Å². The van der Waals surface area contributed by atoms with Crippen LogP contribution >= 0.6 is 0 Å². The largest absolute Gasteiger partial charge is 0.744 e. The van der Waals surface area contributed by atoms with E-state index in [0.29, 0.717) is 6.07 Å². The van der Waals surface area contributed by atoms with E-state index in [1.165, 1.54) is 64.2 Å². The molecule has 0 spiro atoms. The summed E-state index contributed by atoms with van der Waals surface area (Å²) in [5.74, 6) is 0. The molecule has 0 radical (unpaired) electrons. The maximum atomic E-state index is 10.7. The van der Waals surface area contributed by atoms with Crippen molar-refractivity contribution in [3.05, 3.63) is 12.1 Å². The van der Waals surface area contributed by atoms with Crippen LogP contribution in [0.5, 0.6) is 0 Å². The van der Waals surface area contributed by atoms with Gasteiger partial charge in [-0.3, -0.25) is 0 Å². The summed E-state index contributed by atoms with van der Waals surface area (Å²) in [4.78, 5) is -1.98. The zero-order valence-electron chi connectivity index (χ0n) is 17.2. The third kappa shape index (κ3) is 9.58. The Hall–Kier alpha value is -1.44. The van der Waals surface area contributed by atoms with E-state index in [1.54, 1.807) is 0 Å². The van der Waals surface area contributed by atoms with E-state index in [1.807, 2.05) is 0 Å². The van der Waals surface area contributed by atoms with Crippen LogP contribution in [0.1, 0.15) is 64.2 Å². The third-order valence-electron chi connectivity index (χ3n) is 5.13. The second-order valence-electron chi connectivity index (χ2n) is 7.84. The SMILES string of the molecule is Nc1cc(N)c(S(=O)(=O)[O-])cc1S(=O)(=O)[O-].[NH3+]C1CCCCC1.[NH3+]C1CCCCC1. The molecule has 1 aromatic carbocycles. The fraction of sp³-hybridized carbons (Fsp3) is 0.667. The van der Waals surface area contributed by atoms with Crippen LogP contribution in [0.3, 0.4) is 0 Å². The lowest BCUT2D eigenvalue weighted by atomic mass is 9.97. The van der Waals surface area contributed by atoms with Gasteiger partial charge in [-0.25, -0.2) is 16.8 Å². The Morgan fingerprint density at radius 1 is 0.667 bits per heavy atom. The van der Waals surface area contributed by atoms with Crippen molar-refractivity contribution >= 4 is 31.6 Å². The zero-order chi connectivity index (χ0) is 22.9. The molecule has 3 rings (SSSR count). The molecule has 30 heavy (non-hydrogen) atoms. The van der Waals surface area contributed by atoms with Crippen LogP contribution in [-0.2, 0) is 20.2 Å². The lowest BCUT2D eigenvalue weighted by Gasteiger charge is -2.15. The first-order valence-electron chi connectivity index (χ1n) is 10.1. The van der Waals surface area contributed by atoms with Gasteiger partial charge in [0.25, 0.3) is 0 Å². The lowest BCUT2D eigenvalue weighted by Crippen LogP contribution is -2.61.